The molecule has 1 fully saturated rings. The Bertz CT molecular complexity index is 141. The van der Waals surface area contributed by atoms with Gasteiger partial charge in [0, 0.05) is 0 Å². The monoisotopic (exact) mass is 158 g/mol. The van der Waals surface area contributed by atoms with E-state index in [0.29, 0.717) is 0 Å². The average molecular weight is 158 g/mol. The van der Waals surface area contributed by atoms with Crippen LogP contribution in [0.1, 0.15) is 19.8 Å². The lowest BCUT2D eigenvalue weighted by Crippen LogP contribution is -2.36. The highest BCUT2D eigenvalue weighted by molar-refractivity contribution is 5.76. The van der Waals surface area contributed by atoms with Gasteiger partial charge in [0.2, 0.25) is 0 Å². The lowest BCUT2D eigenvalue weighted by Gasteiger charge is -2.12. The second kappa shape index (κ2) is 3.69. The Labute approximate surface area is 66.1 Å². The van der Waals surface area contributed by atoms with E-state index < -0.39 is 6.23 Å². The van der Waals surface area contributed by atoms with Gasteiger partial charge in [-0.1, -0.05) is 0 Å². The van der Waals surface area contributed by atoms with Gasteiger partial charge in [-0.2, -0.15) is 0 Å². The van der Waals surface area contributed by atoms with Crippen molar-refractivity contribution < 1.29 is 9.53 Å². The molecule has 4 heteroatoms. The molecule has 11 heavy (non-hydrogen) atoms. The molecule has 1 aliphatic rings. The number of carbonyl (C=O) groups excluding carboxylic acids is 1. The molecule has 0 aromatic rings. The smallest absolute Gasteiger partial charge is 0.324 e. The average Bonchev–Trinajstić information content (AvgIpc) is 2.35. The van der Waals surface area contributed by atoms with Crippen LogP contribution < -0.4 is 11.1 Å². The highest BCUT2D eigenvalue weighted by Gasteiger charge is 2.23. The van der Waals surface area contributed by atoms with Crippen LogP contribution in [0.3, 0.4) is 0 Å². The van der Waals surface area contributed by atoms with Crippen LogP contribution in [0.4, 0.5) is 0 Å². The fourth-order valence-corrected chi connectivity index (χ4v) is 1.15. The van der Waals surface area contributed by atoms with Crippen molar-refractivity contribution in [2.75, 3.05) is 6.54 Å². The summed E-state index contributed by atoms with van der Waals surface area (Å²) in [5.74, 6) is -0.225. The molecule has 0 aromatic carbocycles. The number of ether oxygens (including phenoxy) is 1. The quantitative estimate of drug-likeness (QED) is 0.423. The first-order valence-corrected chi connectivity index (χ1v) is 3.89. The number of rotatable bonds is 2. The minimum Gasteiger partial charge on any atom is -0.446 e. The SMILES string of the molecule is CC(N)OC(=O)[C@@H]1CCCN1. The molecule has 1 rings (SSSR count). The minimum absolute atomic E-state index is 0.124. The number of hydrogen-bond donors (Lipinski definition) is 2. The zero-order valence-electron chi connectivity index (χ0n) is 6.67. The topological polar surface area (TPSA) is 64.3 Å². The fraction of sp³-hybridized carbons (Fsp3) is 0.857. The van der Waals surface area contributed by atoms with Gasteiger partial charge in [0.15, 0.2) is 0 Å². The van der Waals surface area contributed by atoms with Crippen LogP contribution in [0, 0.1) is 0 Å². The highest BCUT2D eigenvalue weighted by atomic mass is 16.6. The lowest BCUT2D eigenvalue weighted by molar-refractivity contribution is -0.150. The van der Waals surface area contributed by atoms with Gasteiger partial charge in [-0.15, -0.1) is 0 Å². The fourth-order valence-electron chi connectivity index (χ4n) is 1.15. The van der Waals surface area contributed by atoms with Crippen molar-refractivity contribution in [3.63, 3.8) is 0 Å². The van der Waals surface area contributed by atoms with Crippen LogP contribution in [-0.4, -0.2) is 24.8 Å². The number of esters is 1. The predicted octanol–water partition coefficient (Wildman–Crippen LogP) is -0.414. The van der Waals surface area contributed by atoms with Gasteiger partial charge in [-0.05, 0) is 26.3 Å². The molecule has 4 nitrogen and oxygen atoms in total. The van der Waals surface area contributed by atoms with E-state index in [-0.39, 0.29) is 12.0 Å². The first kappa shape index (κ1) is 8.49. The molecule has 64 valence electrons. The summed E-state index contributed by atoms with van der Waals surface area (Å²) in [7, 11) is 0. The van der Waals surface area contributed by atoms with Crippen LogP contribution in [0.5, 0.6) is 0 Å². The maximum Gasteiger partial charge on any atom is 0.324 e. The van der Waals surface area contributed by atoms with Crippen LogP contribution >= 0.6 is 0 Å². The van der Waals surface area contributed by atoms with E-state index in [1.807, 2.05) is 0 Å². The Hall–Kier alpha value is -0.610. The first-order chi connectivity index (χ1) is 5.20. The molecule has 2 atom stereocenters. The van der Waals surface area contributed by atoms with Crippen LogP contribution in [-0.2, 0) is 9.53 Å². The van der Waals surface area contributed by atoms with Crippen molar-refractivity contribution in [2.45, 2.75) is 32.0 Å². The van der Waals surface area contributed by atoms with E-state index in [0.717, 1.165) is 19.4 Å². The van der Waals surface area contributed by atoms with E-state index in [2.05, 4.69) is 5.32 Å². The number of carbonyl (C=O) groups is 1. The van der Waals surface area contributed by atoms with E-state index >= 15 is 0 Å². The molecule has 0 saturated carbocycles. The Morgan fingerprint density at radius 1 is 1.82 bits per heavy atom. The molecule has 1 heterocycles. The molecule has 1 unspecified atom stereocenters. The number of nitrogens with two attached hydrogens (primary N) is 1. The maximum absolute atomic E-state index is 11.1. The normalized spacial score (nSPS) is 26.5. The number of hydrogen-bond acceptors (Lipinski definition) is 4. The molecule has 3 N–H and O–H groups in total. The first-order valence-electron chi connectivity index (χ1n) is 3.89. The maximum atomic E-state index is 11.1. The standard InChI is InChI=1S/C7H14N2O2/c1-5(8)11-7(10)6-3-2-4-9-6/h5-6,9H,2-4,8H2,1H3/t5?,6-/m0/s1. The highest BCUT2D eigenvalue weighted by Crippen LogP contribution is 2.06. The molecule has 0 amide bonds. The van der Waals surface area contributed by atoms with Crippen molar-refractivity contribution >= 4 is 5.97 Å². The van der Waals surface area contributed by atoms with E-state index in [1.165, 1.54) is 0 Å². The van der Waals surface area contributed by atoms with E-state index in [1.54, 1.807) is 6.92 Å². The summed E-state index contributed by atoms with van der Waals surface area (Å²) in [6.07, 6.45) is 1.41. The Balaban J connectivity index is 2.28. The van der Waals surface area contributed by atoms with Gasteiger partial charge >= 0.3 is 5.97 Å². The summed E-state index contributed by atoms with van der Waals surface area (Å²) in [5.41, 5.74) is 5.29. The Kier molecular flexibility index (Phi) is 2.84. The van der Waals surface area contributed by atoms with Crippen LogP contribution in [0.15, 0.2) is 0 Å². The van der Waals surface area contributed by atoms with Crippen LogP contribution in [0.25, 0.3) is 0 Å². The van der Waals surface area contributed by atoms with Crippen molar-refractivity contribution in [1.82, 2.24) is 5.32 Å². The molecule has 1 aliphatic heterocycles. The largest absolute Gasteiger partial charge is 0.446 e. The third kappa shape index (κ3) is 2.48. The van der Waals surface area contributed by atoms with Gasteiger partial charge in [-0.25, -0.2) is 0 Å². The molecule has 1 saturated heterocycles. The molecular formula is C7H14N2O2. The Morgan fingerprint density at radius 3 is 3.00 bits per heavy atom. The summed E-state index contributed by atoms with van der Waals surface area (Å²) < 4.78 is 4.81. The van der Waals surface area contributed by atoms with Crippen LogP contribution in [0.2, 0.25) is 0 Å². The summed E-state index contributed by atoms with van der Waals surface area (Å²) >= 11 is 0. The van der Waals surface area contributed by atoms with E-state index in [9.17, 15) is 4.79 Å². The molecule has 0 bridgehead atoms. The van der Waals surface area contributed by atoms with Crippen molar-refractivity contribution in [3.8, 4) is 0 Å². The molecule has 0 aliphatic carbocycles. The number of nitrogens with one attached hydrogen (secondary N) is 1. The zero-order valence-corrected chi connectivity index (χ0v) is 6.67. The predicted molar refractivity (Wildman–Crippen MR) is 40.8 cm³/mol. The Morgan fingerprint density at radius 2 is 2.55 bits per heavy atom. The van der Waals surface area contributed by atoms with E-state index in [4.69, 9.17) is 10.5 Å². The van der Waals surface area contributed by atoms with Crippen molar-refractivity contribution in [3.05, 3.63) is 0 Å². The zero-order chi connectivity index (χ0) is 8.27. The molecular weight excluding hydrogens is 144 g/mol. The van der Waals surface area contributed by atoms with Gasteiger partial charge in [0.1, 0.15) is 12.3 Å². The molecule has 0 radical (unpaired) electrons. The summed E-state index contributed by atoms with van der Waals surface area (Å²) in [6.45, 7) is 2.55. The van der Waals surface area contributed by atoms with Gasteiger partial charge < -0.3 is 10.1 Å². The van der Waals surface area contributed by atoms with Gasteiger partial charge in [-0.3, -0.25) is 10.5 Å². The summed E-state index contributed by atoms with van der Waals surface area (Å²) in [5, 5.41) is 3.03. The third-order valence-corrected chi connectivity index (χ3v) is 1.65. The molecule has 0 spiro atoms. The van der Waals surface area contributed by atoms with Gasteiger partial charge in [0.25, 0.3) is 0 Å². The second-order valence-corrected chi connectivity index (χ2v) is 2.79. The van der Waals surface area contributed by atoms with Gasteiger partial charge in [0.05, 0.1) is 0 Å². The van der Waals surface area contributed by atoms with Crippen molar-refractivity contribution in [2.24, 2.45) is 5.73 Å². The second-order valence-electron chi connectivity index (χ2n) is 2.79. The van der Waals surface area contributed by atoms with Crippen molar-refractivity contribution in [1.29, 1.82) is 0 Å². The summed E-state index contributed by atoms with van der Waals surface area (Å²) in [4.78, 5) is 11.1. The lowest BCUT2D eigenvalue weighted by atomic mass is 10.2. The minimum atomic E-state index is -0.495. The third-order valence-electron chi connectivity index (χ3n) is 1.65. The molecule has 0 aromatic heterocycles. The summed E-state index contributed by atoms with van der Waals surface area (Å²) in [6, 6.07) is -0.124.